The standard InChI is InChI=1S/C23H20O4S2/c1-28(24)19-8-5-7-17(14-19)21-15-18-6-3-4-9-22(18)27-23(21)16-10-12-20(13-11-16)29(2,25)26/h3-14H,15H2,1-2H3. The van der Waals surface area contributed by atoms with Gasteiger partial charge in [0, 0.05) is 45.8 Å². The second-order valence-corrected chi connectivity index (χ2v) is 10.4. The first-order valence-corrected chi connectivity index (χ1v) is 12.5. The van der Waals surface area contributed by atoms with Crippen LogP contribution in [0.5, 0.6) is 5.75 Å². The molecule has 0 aromatic heterocycles. The van der Waals surface area contributed by atoms with Gasteiger partial charge < -0.3 is 4.74 Å². The van der Waals surface area contributed by atoms with E-state index in [0.29, 0.717) is 12.2 Å². The van der Waals surface area contributed by atoms with Crippen LogP contribution in [-0.4, -0.2) is 25.1 Å². The molecule has 0 saturated heterocycles. The quantitative estimate of drug-likeness (QED) is 0.625. The van der Waals surface area contributed by atoms with E-state index in [0.717, 1.165) is 32.9 Å². The number of benzene rings is 3. The molecule has 0 fully saturated rings. The third kappa shape index (κ3) is 4.04. The Kier molecular flexibility index (Phi) is 5.15. The van der Waals surface area contributed by atoms with Crippen LogP contribution >= 0.6 is 0 Å². The molecule has 3 aromatic carbocycles. The summed E-state index contributed by atoms with van der Waals surface area (Å²) in [6, 6.07) is 22.2. The summed E-state index contributed by atoms with van der Waals surface area (Å²) in [4.78, 5) is 1.02. The molecule has 0 saturated carbocycles. The molecule has 0 N–H and O–H groups in total. The van der Waals surface area contributed by atoms with Crippen LogP contribution < -0.4 is 4.74 Å². The van der Waals surface area contributed by atoms with Crippen LogP contribution in [0.25, 0.3) is 11.3 Å². The molecule has 1 heterocycles. The van der Waals surface area contributed by atoms with Crippen LogP contribution in [0.2, 0.25) is 0 Å². The minimum absolute atomic E-state index is 0.267. The predicted molar refractivity (Wildman–Crippen MR) is 116 cm³/mol. The lowest BCUT2D eigenvalue weighted by Gasteiger charge is -2.24. The van der Waals surface area contributed by atoms with Gasteiger partial charge >= 0.3 is 0 Å². The normalized spacial score (nSPS) is 14.8. The van der Waals surface area contributed by atoms with Crippen LogP contribution in [0, 0.1) is 0 Å². The summed E-state index contributed by atoms with van der Waals surface area (Å²) in [5.74, 6) is 1.47. The zero-order valence-electron chi connectivity index (χ0n) is 16.1. The fraction of sp³-hybridized carbons (Fsp3) is 0.130. The average Bonchev–Trinajstić information content (AvgIpc) is 2.72. The molecule has 3 aromatic rings. The van der Waals surface area contributed by atoms with Gasteiger partial charge in [0.25, 0.3) is 0 Å². The third-order valence-electron chi connectivity index (χ3n) is 4.89. The van der Waals surface area contributed by atoms with Crippen molar-refractivity contribution in [3.8, 4) is 5.75 Å². The molecule has 6 heteroatoms. The SMILES string of the molecule is CS(=O)c1cccc(C2=C(c3ccc(S(C)(=O)=O)cc3)Oc3ccccc3C2)c1. The Bertz CT molecular complexity index is 1240. The Morgan fingerprint density at radius 1 is 0.897 bits per heavy atom. The van der Waals surface area contributed by atoms with Crippen molar-refractivity contribution in [3.63, 3.8) is 0 Å². The first-order valence-electron chi connectivity index (χ1n) is 9.06. The lowest BCUT2D eigenvalue weighted by molar-refractivity contribution is 0.502. The topological polar surface area (TPSA) is 60.4 Å². The molecule has 1 aliphatic heterocycles. The van der Waals surface area contributed by atoms with E-state index in [-0.39, 0.29) is 4.90 Å². The Hall–Kier alpha value is -2.70. The Morgan fingerprint density at radius 3 is 2.31 bits per heavy atom. The molecule has 0 aliphatic carbocycles. The molecule has 1 aliphatic rings. The second-order valence-electron chi connectivity index (χ2n) is 6.97. The van der Waals surface area contributed by atoms with Gasteiger partial charge in [-0.1, -0.05) is 30.3 Å². The first-order chi connectivity index (χ1) is 13.8. The molecule has 148 valence electrons. The number of hydrogen-bond acceptors (Lipinski definition) is 4. The van der Waals surface area contributed by atoms with E-state index in [2.05, 4.69) is 0 Å². The Morgan fingerprint density at radius 2 is 1.62 bits per heavy atom. The van der Waals surface area contributed by atoms with E-state index >= 15 is 0 Å². The fourth-order valence-corrected chi connectivity index (χ4v) is 4.57. The van der Waals surface area contributed by atoms with Crippen molar-refractivity contribution in [3.05, 3.63) is 89.5 Å². The maximum absolute atomic E-state index is 12.0. The molecular formula is C23H20O4S2. The molecule has 4 rings (SSSR count). The lowest BCUT2D eigenvalue weighted by atomic mass is 9.92. The van der Waals surface area contributed by atoms with E-state index in [1.165, 1.54) is 6.26 Å². The number of rotatable bonds is 4. The van der Waals surface area contributed by atoms with Crippen molar-refractivity contribution in [1.29, 1.82) is 0 Å². The van der Waals surface area contributed by atoms with E-state index in [1.54, 1.807) is 30.5 Å². The molecule has 1 atom stereocenters. The minimum atomic E-state index is -3.27. The highest BCUT2D eigenvalue weighted by Crippen LogP contribution is 2.39. The zero-order valence-corrected chi connectivity index (χ0v) is 17.7. The predicted octanol–water partition coefficient (Wildman–Crippen LogP) is 4.33. The molecule has 0 amide bonds. The van der Waals surface area contributed by atoms with Crippen LogP contribution in [0.4, 0.5) is 0 Å². The molecule has 0 bridgehead atoms. The summed E-state index contributed by atoms with van der Waals surface area (Å²) in [6.07, 6.45) is 3.51. The number of para-hydroxylation sites is 1. The highest BCUT2D eigenvalue weighted by molar-refractivity contribution is 7.90. The van der Waals surface area contributed by atoms with Crippen molar-refractivity contribution >= 4 is 32.0 Å². The van der Waals surface area contributed by atoms with Crippen molar-refractivity contribution < 1.29 is 17.4 Å². The molecule has 0 spiro atoms. The van der Waals surface area contributed by atoms with E-state index in [4.69, 9.17) is 4.74 Å². The fourth-order valence-electron chi connectivity index (χ4n) is 3.37. The third-order valence-corrected chi connectivity index (χ3v) is 6.93. The van der Waals surface area contributed by atoms with Gasteiger partial charge in [-0.2, -0.15) is 0 Å². The van der Waals surface area contributed by atoms with Crippen molar-refractivity contribution in [2.75, 3.05) is 12.5 Å². The maximum atomic E-state index is 12.0. The van der Waals surface area contributed by atoms with Gasteiger partial charge in [0.15, 0.2) is 9.84 Å². The molecular weight excluding hydrogens is 404 g/mol. The summed E-state index contributed by atoms with van der Waals surface area (Å²) in [5.41, 5.74) is 3.78. The van der Waals surface area contributed by atoms with Gasteiger partial charge in [-0.25, -0.2) is 8.42 Å². The molecule has 1 unspecified atom stereocenters. The zero-order chi connectivity index (χ0) is 20.6. The molecule has 0 radical (unpaired) electrons. The van der Waals surface area contributed by atoms with Gasteiger partial charge in [-0.05, 0) is 53.6 Å². The van der Waals surface area contributed by atoms with Crippen LogP contribution in [0.15, 0.2) is 82.6 Å². The Labute approximate surface area is 173 Å². The summed E-state index contributed by atoms with van der Waals surface area (Å²) in [7, 11) is -4.36. The monoisotopic (exact) mass is 424 g/mol. The van der Waals surface area contributed by atoms with Crippen LogP contribution in [0.3, 0.4) is 0 Å². The summed E-state index contributed by atoms with van der Waals surface area (Å²) in [5, 5.41) is 0. The number of sulfone groups is 1. The number of allylic oxidation sites excluding steroid dienone is 1. The number of fused-ring (bicyclic) bond motifs is 1. The summed E-state index contributed by atoms with van der Waals surface area (Å²) < 4.78 is 41.8. The van der Waals surface area contributed by atoms with Crippen molar-refractivity contribution in [2.45, 2.75) is 16.2 Å². The van der Waals surface area contributed by atoms with Gasteiger partial charge in [0.2, 0.25) is 0 Å². The minimum Gasteiger partial charge on any atom is -0.456 e. The highest BCUT2D eigenvalue weighted by atomic mass is 32.2. The van der Waals surface area contributed by atoms with Gasteiger partial charge in [-0.15, -0.1) is 0 Å². The average molecular weight is 425 g/mol. The second kappa shape index (κ2) is 7.61. The van der Waals surface area contributed by atoms with Gasteiger partial charge in [0.1, 0.15) is 11.5 Å². The van der Waals surface area contributed by atoms with Gasteiger partial charge in [-0.3, -0.25) is 4.21 Å². The van der Waals surface area contributed by atoms with E-state index < -0.39 is 20.6 Å². The van der Waals surface area contributed by atoms with Crippen LogP contribution in [0.1, 0.15) is 16.7 Å². The van der Waals surface area contributed by atoms with Crippen LogP contribution in [-0.2, 0) is 27.1 Å². The van der Waals surface area contributed by atoms with Crippen molar-refractivity contribution in [2.24, 2.45) is 0 Å². The largest absolute Gasteiger partial charge is 0.456 e. The smallest absolute Gasteiger partial charge is 0.175 e. The van der Waals surface area contributed by atoms with Crippen molar-refractivity contribution in [1.82, 2.24) is 0 Å². The van der Waals surface area contributed by atoms with E-state index in [1.807, 2.05) is 48.5 Å². The van der Waals surface area contributed by atoms with E-state index in [9.17, 15) is 12.6 Å². The number of ether oxygens (including phenoxy) is 1. The molecule has 29 heavy (non-hydrogen) atoms. The summed E-state index contributed by atoms with van der Waals surface area (Å²) in [6.45, 7) is 0. The first kappa shape index (κ1) is 19.6. The molecule has 4 nitrogen and oxygen atoms in total. The number of hydrogen-bond donors (Lipinski definition) is 0. The maximum Gasteiger partial charge on any atom is 0.175 e. The Balaban J connectivity index is 1.87. The van der Waals surface area contributed by atoms with Gasteiger partial charge in [0.05, 0.1) is 4.90 Å². The highest BCUT2D eigenvalue weighted by Gasteiger charge is 2.23. The summed E-state index contributed by atoms with van der Waals surface area (Å²) >= 11 is 0. The lowest BCUT2D eigenvalue weighted by Crippen LogP contribution is -2.10.